The summed E-state index contributed by atoms with van der Waals surface area (Å²) < 4.78 is 40.0. The van der Waals surface area contributed by atoms with Crippen molar-refractivity contribution >= 4 is 11.5 Å². The average molecular weight is 364 g/mol. The molecule has 5 nitrogen and oxygen atoms in total. The molecule has 2 heterocycles. The maximum absolute atomic E-state index is 12.8. The largest absolute Gasteiger partial charge is 0.416 e. The minimum Gasteiger partial charge on any atom is -0.388 e. The molecule has 138 valence electrons. The number of benzene rings is 1. The fourth-order valence-electron chi connectivity index (χ4n) is 2.84. The Morgan fingerprint density at radius 3 is 2.35 bits per heavy atom. The van der Waals surface area contributed by atoms with Crippen LogP contribution in [0.1, 0.15) is 36.6 Å². The summed E-state index contributed by atoms with van der Waals surface area (Å²) >= 11 is 0. The number of hydrogen-bond donors (Lipinski definition) is 2. The van der Waals surface area contributed by atoms with Crippen molar-refractivity contribution in [3.05, 3.63) is 59.4 Å². The van der Waals surface area contributed by atoms with Gasteiger partial charge >= 0.3 is 6.18 Å². The maximum atomic E-state index is 12.8. The van der Waals surface area contributed by atoms with Crippen LogP contribution in [0.4, 0.5) is 19.0 Å². The molecule has 0 bridgehead atoms. The van der Waals surface area contributed by atoms with Gasteiger partial charge in [0.2, 0.25) is 0 Å². The van der Waals surface area contributed by atoms with E-state index in [1.165, 1.54) is 18.5 Å². The standard InChI is InChI=1S/C18H19F3N4O/c1-11-8-14-22-10-23-25(14)15(9-11)24-16(17(2,3)26)12-4-6-13(7-5-12)18(19,20)21/h4-10,16,24,26H,1-3H3/t16-/m0/s1. The zero-order chi connectivity index (χ0) is 19.1. The molecular weight excluding hydrogens is 345 g/mol. The lowest BCUT2D eigenvalue weighted by atomic mass is 9.91. The van der Waals surface area contributed by atoms with Crippen LogP contribution in [0.5, 0.6) is 0 Å². The number of anilines is 1. The lowest BCUT2D eigenvalue weighted by Crippen LogP contribution is -2.35. The number of aryl methyl sites for hydroxylation is 1. The topological polar surface area (TPSA) is 62.5 Å². The molecule has 3 aromatic rings. The molecular formula is C18H19F3N4O. The second-order valence-corrected chi connectivity index (χ2v) is 6.80. The van der Waals surface area contributed by atoms with E-state index in [9.17, 15) is 18.3 Å². The summed E-state index contributed by atoms with van der Waals surface area (Å²) in [5.41, 5.74) is 0.130. The normalized spacial score (nSPS) is 13.8. The van der Waals surface area contributed by atoms with Crippen LogP contribution in [0.25, 0.3) is 5.65 Å². The predicted octanol–water partition coefficient (Wildman–Crippen LogP) is 3.98. The van der Waals surface area contributed by atoms with E-state index in [-0.39, 0.29) is 0 Å². The Balaban J connectivity index is 2.00. The zero-order valence-electron chi connectivity index (χ0n) is 14.5. The maximum Gasteiger partial charge on any atom is 0.416 e. The third-order valence-corrected chi connectivity index (χ3v) is 4.09. The molecule has 1 aromatic carbocycles. The van der Waals surface area contributed by atoms with Gasteiger partial charge < -0.3 is 10.4 Å². The summed E-state index contributed by atoms with van der Waals surface area (Å²) in [4.78, 5) is 4.15. The van der Waals surface area contributed by atoms with Crippen molar-refractivity contribution < 1.29 is 18.3 Å². The second kappa shape index (κ2) is 6.28. The molecule has 2 N–H and O–H groups in total. The molecule has 26 heavy (non-hydrogen) atoms. The first-order chi connectivity index (χ1) is 12.1. The number of nitrogens with one attached hydrogen (secondary N) is 1. The SMILES string of the molecule is Cc1cc(N[C@@H](c2ccc(C(F)(F)F)cc2)C(C)(C)O)n2ncnc2c1. The number of pyridine rings is 1. The molecule has 2 aromatic heterocycles. The summed E-state index contributed by atoms with van der Waals surface area (Å²) in [7, 11) is 0. The Morgan fingerprint density at radius 1 is 1.12 bits per heavy atom. The van der Waals surface area contributed by atoms with Crippen molar-refractivity contribution in [3.63, 3.8) is 0 Å². The molecule has 0 amide bonds. The summed E-state index contributed by atoms with van der Waals surface area (Å²) in [6.45, 7) is 5.09. The van der Waals surface area contributed by atoms with Gasteiger partial charge in [0, 0.05) is 0 Å². The van der Waals surface area contributed by atoms with Gasteiger partial charge in [-0.2, -0.15) is 22.8 Å². The Bertz CT molecular complexity index is 911. The van der Waals surface area contributed by atoms with E-state index in [4.69, 9.17) is 0 Å². The highest BCUT2D eigenvalue weighted by molar-refractivity contribution is 5.52. The Kier molecular flexibility index (Phi) is 4.39. The van der Waals surface area contributed by atoms with E-state index in [1.54, 1.807) is 18.4 Å². The first kappa shape index (κ1) is 18.2. The molecule has 0 saturated carbocycles. The minimum absolute atomic E-state index is 0.528. The van der Waals surface area contributed by atoms with Crippen LogP contribution >= 0.6 is 0 Å². The van der Waals surface area contributed by atoms with E-state index in [0.29, 0.717) is 17.0 Å². The van der Waals surface area contributed by atoms with Gasteiger partial charge in [0.05, 0.1) is 17.2 Å². The highest BCUT2D eigenvalue weighted by atomic mass is 19.4. The lowest BCUT2D eigenvalue weighted by molar-refractivity contribution is -0.137. The van der Waals surface area contributed by atoms with E-state index >= 15 is 0 Å². The van der Waals surface area contributed by atoms with Gasteiger partial charge in [-0.25, -0.2) is 4.98 Å². The van der Waals surface area contributed by atoms with E-state index in [2.05, 4.69) is 15.4 Å². The van der Waals surface area contributed by atoms with Crippen molar-refractivity contribution in [2.24, 2.45) is 0 Å². The Hall–Kier alpha value is -2.61. The van der Waals surface area contributed by atoms with Crippen molar-refractivity contribution in [2.45, 2.75) is 38.6 Å². The second-order valence-electron chi connectivity index (χ2n) is 6.80. The van der Waals surface area contributed by atoms with Crippen molar-refractivity contribution in [3.8, 4) is 0 Å². The highest BCUT2D eigenvalue weighted by Gasteiger charge is 2.32. The number of alkyl halides is 3. The summed E-state index contributed by atoms with van der Waals surface area (Å²) in [6.07, 6.45) is -2.99. The number of fused-ring (bicyclic) bond motifs is 1. The fourth-order valence-corrected chi connectivity index (χ4v) is 2.84. The van der Waals surface area contributed by atoms with Gasteiger partial charge in [-0.05, 0) is 56.2 Å². The number of halogens is 3. The highest BCUT2D eigenvalue weighted by Crippen LogP contribution is 2.33. The van der Waals surface area contributed by atoms with E-state index in [1.807, 2.05) is 19.1 Å². The Morgan fingerprint density at radius 2 is 1.77 bits per heavy atom. The van der Waals surface area contributed by atoms with Crippen molar-refractivity contribution in [1.82, 2.24) is 14.6 Å². The predicted molar refractivity (Wildman–Crippen MR) is 91.8 cm³/mol. The quantitative estimate of drug-likeness (QED) is 0.735. The summed E-state index contributed by atoms with van der Waals surface area (Å²) in [5, 5.41) is 17.9. The Labute approximate surface area is 148 Å². The molecule has 0 aliphatic rings. The molecule has 0 aliphatic carbocycles. The van der Waals surface area contributed by atoms with Crippen molar-refractivity contribution in [2.75, 3.05) is 5.32 Å². The summed E-state index contributed by atoms with van der Waals surface area (Å²) in [5.74, 6) is 0.588. The molecule has 0 aliphatic heterocycles. The molecule has 0 spiro atoms. The van der Waals surface area contributed by atoms with Crippen LogP contribution < -0.4 is 5.32 Å². The van der Waals surface area contributed by atoms with E-state index in [0.717, 1.165) is 17.7 Å². The van der Waals surface area contributed by atoms with Gasteiger partial charge in [-0.15, -0.1) is 0 Å². The number of hydrogen-bond acceptors (Lipinski definition) is 4. The number of nitrogens with zero attached hydrogens (tertiary/aromatic N) is 3. The molecule has 1 atom stereocenters. The molecule has 8 heteroatoms. The number of aliphatic hydroxyl groups is 1. The molecule has 0 fully saturated rings. The zero-order valence-corrected chi connectivity index (χ0v) is 14.5. The average Bonchev–Trinajstić information content (AvgIpc) is 2.99. The van der Waals surface area contributed by atoms with Crippen molar-refractivity contribution in [1.29, 1.82) is 0 Å². The van der Waals surface area contributed by atoms with Crippen LogP contribution in [-0.2, 0) is 6.18 Å². The smallest absolute Gasteiger partial charge is 0.388 e. The fraction of sp³-hybridized carbons (Fsp3) is 0.333. The first-order valence-electron chi connectivity index (χ1n) is 8.02. The van der Waals surface area contributed by atoms with Crippen LogP contribution in [0.2, 0.25) is 0 Å². The lowest BCUT2D eigenvalue weighted by Gasteiger charge is -2.31. The van der Waals surface area contributed by atoms with Crippen LogP contribution in [0.15, 0.2) is 42.7 Å². The molecule has 0 radical (unpaired) electrons. The molecule has 0 unspecified atom stereocenters. The first-order valence-corrected chi connectivity index (χ1v) is 8.02. The van der Waals surface area contributed by atoms with Gasteiger partial charge in [-0.3, -0.25) is 0 Å². The van der Waals surface area contributed by atoms with Gasteiger partial charge in [0.25, 0.3) is 0 Å². The molecule has 0 saturated heterocycles. The van der Waals surface area contributed by atoms with Crippen LogP contribution in [-0.4, -0.2) is 25.3 Å². The minimum atomic E-state index is -4.40. The number of aromatic nitrogens is 3. The van der Waals surface area contributed by atoms with Gasteiger partial charge in [0.15, 0.2) is 5.65 Å². The van der Waals surface area contributed by atoms with Crippen LogP contribution in [0.3, 0.4) is 0 Å². The van der Waals surface area contributed by atoms with Crippen LogP contribution in [0, 0.1) is 6.92 Å². The van der Waals surface area contributed by atoms with Gasteiger partial charge in [0.1, 0.15) is 12.1 Å². The number of rotatable bonds is 4. The monoisotopic (exact) mass is 364 g/mol. The van der Waals surface area contributed by atoms with Gasteiger partial charge in [-0.1, -0.05) is 12.1 Å². The third kappa shape index (κ3) is 3.65. The third-order valence-electron chi connectivity index (χ3n) is 4.09. The summed E-state index contributed by atoms with van der Waals surface area (Å²) in [6, 6.07) is 7.80. The van der Waals surface area contributed by atoms with E-state index < -0.39 is 23.4 Å². The molecule has 3 rings (SSSR count).